The van der Waals surface area contributed by atoms with Crippen LogP contribution in [0.25, 0.3) is 0 Å². The molecule has 1 aliphatic carbocycles. The van der Waals surface area contributed by atoms with Crippen LogP contribution in [0.4, 0.5) is 4.39 Å². The predicted octanol–water partition coefficient (Wildman–Crippen LogP) is 0.827. The Kier molecular flexibility index (Phi) is 6.21. The summed E-state index contributed by atoms with van der Waals surface area (Å²) < 4.78 is 13.6. The second-order valence-electron chi connectivity index (χ2n) is 7.17. The molecule has 2 unspecified atom stereocenters. The molecule has 1 heterocycles. The van der Waals surface area contributed by atoms with Crippen molar-refractivity contribution in [3.05, 3.63) is 35.6 Å². The van der Waals surface area contributed by atoms with E-state index in [0.717, 1.165) is 32.4 Å². The smallest absolute Gasteiger partial charge is 0.254 e. The average molecular weight is 362 g/mol. The van der Waals surface area contributed by atoms with Crippen molar-refractivity contribution in [2.24, 2.45) is 11.7 Å². The van der Waals surface area contributed by atoms with E-state index in [1.165, 1.54) is 12.1 Å². The molecule has 142 valence electrons. The van der Waals surface area contributed by atoms with Crippen LogP contribution in [-0.4, -0.2) is 66.9 Å². The first kappa shape index (κ1) is 18.8. The van der Waals surface area contributed by atoms with Crippen LogP contribution in [0, 0.1) is 11.7 Å². The molecule has 26 heavy (non-hydrogen) atoms. The number of carbonyl (C=O) groups is 2. The maximum atomic E-state index is 13.6. The van der Waals surface area contributed by atoms with E-state index in [-0.39, 0.29) is 23.4 Å². The van der Waals surface area contributed by atoms with Crippen molar-refractivity contribution in [3.8, 4) is 0 Å². The fourth-order valence-corrected chi connectivity index (χ4v) is 3.76. The van der Waals surface area contributed by atoms with Gasteiger partial charge >= 0.3 is 0 Å². The van der Waals surface area contributed by atoms with Crippen molar-refractivity contribution in [1.82, 2.24) is 15.1 Å². The number of benzene rings is 1. The first-order valence-electron chi connectivity index (χ1n) is 9.34. The van der Waals surface area contributed by atoms with Crippen LogP contribution in [0.1, 0.15) is 29.6 Å². The summed E-state index contributed by atoms with van der Waals surface area (Å²) in [4.78, 5) is 28.6. The minimum Gasteiger partial charge on any atom is -0.351 e. The molecular weight excluding hydrogens is 335 g/mol. The van der Waals surface area contributed by atoms with Crippen LogP contribution in [0.5, 0.6) is 0 Å². The molecule has 1 saturated heterocycles. The first-order chi connectivity index (χ1) is 12.5. The van der Waals surface area contributed by atoms with Crippen molar-refractivity contribution < 1.29 is 14.0 Å². The Morgan fingerprint density at radius 1 is 1.15 bits per heavy atom. The molecule has 1 aromatic carbocycles. The molecule has 7 heteroatoms. The van der Waals surface area contributed by atoms with Crippen molar-refractivity contribution in [3.63, 3.8) is 0 Å². The zero-order chi connectivity index (χ0) is 18.5. The Morgan fingerprint density at radius 2 is 1.88 bits per heavy atom. The maximum absolute atomic E-state index is 13.6. The summed E-state index contributed by atoms with van der Waals surface area (Å²) >= 11 is 0. The summed E-state index contributed by atoms with van der Waals surface area (Å²) in [7, 11) is 0. The number of nitrogens with zero attached hydrogens (tertiary/aromatic N) is 2. The molecule has 0 aromatic heterocycles. The van der Waals surface area contributed by atoms with Crippen molar-refractivity contribution >= 4 is 11.8 Å². The highest BCUT2D eigenvalue weighted by molar-refractivity contribution is 5.94. The third kappa shape index (κ3) is 4.59. The Morgan fingerprint density at radius 3 is 2.54 bits per heavy atom. The van der Waals surface area contributed by atoms with Gasteiger partial charge in [-0.05, 0) is 31.4 Å². The van der Waals surface area contributed by atoms with Crippen molar-refractivity contribution in [2.75, 3.05) is 39.3 Å². The number of carbonyl (C=O) groups excluding carboxylic acids is 2. The lowest BCUT2D eigenvalue weighted by molar-refractivity contribution is -0.137. The van der Waals surface area contributed by atoms with E-state index in [4.69, 9.17) is 5.73 Å². The molecule has 2 fully saturated rings. The molecule has 2 aliphatic rings. The molecule has 0 radical (unpaired) electrons. The van der Waals surface area contributed by atoms with Gasteiger partial charge in [0.2, 0.25) is 5.91 Å². The Bertz CT molecular complexity index is 646. The monoisotopic (exact) mass is 362 g/mol. The standard InChI is InChI=1S/C19H27FN4O2/c20-17-4-2-1-3-16(17)18(25)22-7-8-23-9-11-24(12-10-23)19(26)14-5-6-15(21)13-14/h1-4,14-15H,5-13,21H2,(H,22,25). The highest BCUT2D eigenvalue weighted by Gasteiger charge is 2.32. The number of halogens is 1. The fourth-order valence-electron chi connectivity index (χ4n) is 3.76. The number of nitrogens with two attached hydrogens (primary N) is 1. The van der Waals surface area contributed by atoms with Gasteiger partial charge in [0.25, 0.3) is 5.91 Å². The second-order valence-corrected chi connectivity index (χ2v) is 7.17. The van der Waals surface area contributed by atoms with Gasteiger partial charge in [0.1, 0.15) is 5.82 Å². The summed E-state index contributed by atoms with van der Waals surface area (Å²) in [5, 5.41) is 2.76. The van der Waals surface area contributed by atoms with Crippen molar-refractivity contribution in [1.29, 1.82) is 0 Å². The molecule has 2 atom stereocenters. The van der Waals surface area contributed by atoms with Gasteiger partial charge in [-0.1, -0.05) is 12.1 Å². The predicted molar refractivity (Wildman–Crippen MR) is 97.1 cm³/mol. The first-order valence-corrected chi connectivity index (χ1v) is 9.34. The van der Waals surface area contributed by atoms with Gasteiger partial charge < -0.3 is 16.0 Å². The molecule has 1 aliphatic heterocycles. The minimum atomic E-state index is -0.510. The maximum Gasteiger partial charge on any atom is 0.254 e. The lowest BCUT2D eigenvalue weighted by atomic mass is 10.1. The summed E-state index contributed by atoms with van der Waals surface area (Å²) in [6.07, 6.45) is 2.65. The summed E-state index contributed by atoms with van der Waals surface area (Å²) in [6, 6.07) is 6.13. The van der Waals surface area contributed by atoms with Gasteiger partial charge in [-0.15, -0.1) is 0 Å². The van der Waals surface area contributed by atoms with E-state index in [0.29, 0.717) is 26.2 Å². The topological polar surface area (TPSA) is 78.7 Å². The highest BCUT2D eigenvalue weighted by atomic mass is 19.1. The molecule has 1 aromatic rings. The van der Waals surface area contributed by atoms with E-state index >= 15 is 0 Å². The largest absolute Gasteiger partial charge is 0.351 e. The van der Waals surface area contributed by atoms with Crippen molar-refractivity contribution in [2.45, 2.75) is 25.3 Å². The van der Waals surface area contributed by atoms with Gasteiger partial charge in [0, 0.05) is 51.2 Å². The van der Waals surface area contributed by atoms with Gasteiger partial charge in [-0.2, -0.15) is 0 Å². The van der Waals surface area contributed by atoms with E-state index in [9.17, 15) is 14.0 Å². The quantitative estimate of drug-likeness (QED) is 0.813. The van der Waals surface area contributed by atoms with Gasteiger partial charge in [-0.25, -0.2) is 4.39 Å². The third-order valence-electron chi connectivity index (χ3n) is 5.34. The Balaban J connectivity index is 1.37. The number of hydrogen-bond donors (Lipinski definition) is 2. The van der Waals surface area contributed by atoms with Crippen LogP contribution in [0.3, 0.4) is 0 Å². The number of nitrogens with one attached hydrogen (secondary N) is 1. The number of hydrogen-bond acceptors (Lipinski definition) is 4. The zero-order valence-electron chi connectivity index (χ0n) is 15.0. The van der Waals surface area contributed by atoms with E-state index in [1.54, 1.807) is 12.1 Å². The average Bonchev–Trinajstić information content (AvgIpc) is 3.08. The van der Waals surface area contributed by atoms with Crippen LogP contribution in [0.15, 0.2) is 24.3 Å². The Labute approximate surface area is 153 Å². The number of piperazine rings is 1. The summed E-state index contributed by atoms with van der Waals surface area (Å²) in [5.74, 6) is -0.569. The second kappa shape index (κ2) is 8.60. The zero-order valence-corrected chi connectivity index (χ0v) is 15.0. The highest BCUT2D eigenvalue weighted by Crippen LogP contribution is 2.26. The van der Waals surface area contributed by atoms with Crippen LogP contribution >= 0.6 is 0 Å². The number of rotatable bonds is 5. The Hall–Kier alpha value is -1.99. The molecule has 0 spiro atoms. The molecule has 3 rings (SSSR count). The van der Waals surface area contributed by atoms with Gasteiger partial charge in [-0.3, -0.25) is 14.5 Å². The minimum absolute atomic E-state index is 0.0673. The van der Waals surface area contributed by atoms with E-state index < -0.39 is 11.7 Å². The normalized spacial score (nSPS) is 23.8. The SMILES string of the molecule is NC1CCC(C(=O)N2CCN(CCNC(=O)c3ccccc3F)CC2)C1. The van der Waals surface area contributed by atoms with Crippen LogP contribution in [0.2, 0.25) is 0 Å². The lowest BCUT2D eigenvalue weighted by Crippen LogP contribution is -2.51. The van der Waals surface area contributed by atoms with E-state index in [2.05, 4.69) is 10.2 Å². The lowest BCUT2D eigenvalue weighted by Gasteiger charge is -2.36. The molecule has 6 nitrogen and oxygen atoms in total. The van der Waals surface area contributed by atoms with Crippen LogP contribution < -0.4 is 11.1 Å². The molecule has 2 amide bonds. The summed E-state index contributed by atoms with van der Waals surface area (Å²) in [6.45, 7) is 4.16. The molecule has 0 bridgehead atoms. The molecule has 1 saturated carbocycles. The van der Waals surface area contributed by atoms with E-state index in [1.807, 2.05) is 4.90 Å². The number of amides is 2. The van der Waals surface area contributed by atoms with Gasteiger partial charge in [0.15, 0.2) is 0 Å². The van der Waals surface area contributed by atoms with Gasteiger partial charge in [0.05, 0.1) is 5.56 Å². The fraction of sp³-hybridized carbons (Fsp3) is 0.579. The third-order valence-corrected chi connectivity index (χ3v) is 5.34. The van der Waals surface area contributed by atoms with Crippen LogP contribution in [-0.2, 0) is 4.79 Å². The summed E-state index contributed by atoms with van der Waals surface area (Å²) in [5.41, 5.74) is 5.98. The molecular formula is C19H27FN4O2. The molecule has 3 N–H and O–H groups in total.